The normalized spacial score (nSPS) is 22.9. The van der Waals surface area contributed by atoms with E-state index in [1.807, 2.05) is 0 Å². The molecule has 1 saturated carbocycles. The Kier molecular flexibility index (Phi) is 9.24. The van der Waals surface area contributed by atoms with Crippen molar-refractivity contribution in [1.82, 2.24) is 0 Å². The predicted octanol–water partition coefficient (Wildman–Crippen LogP) is 5.67. The van der Waals surface area contributed by atoms with E-state index in [0.29, 0.717) is 11.7 Å². The van der Waals surface area contributed by atoms with Crippen molar-refractivity contribution < 1.29 is 4.79 Å². The second-order valence-electron chi connectivity index (χ2n) is 6.13. The van der Waals surface area contributed by atoms with Crippen molar-refractivity contribution in [3.05, 3.63) is 0 Å². The van der Waals surface area contributed by atoms with Gasteiger partial charge in [-0.2, -0.15) is 0 Å². The fourth-order valence-electron chi connectivity index (χ4n) is 3.10. The van der Waals surface area contributed by atoms with Crippen LogP contribution in [0.4, 0.5) is 0 Å². The van der Waals surface area contributed by atoms with Gasteiger partial charge >= 0.3 is 0 Å². The van der Waals surface area contributed by atoms with Gasteiger partial charge in [0.15, 0.2) is 0 Å². The maximum Gasteiger partial charge on any atom is 0.132 e. The van der Waals surface area contributed by atoms with Crippen LogP contribution in [0.25, 0.3) is 0 Å². The number of rotatable bonds is 1. The van der Waals surface area contributed by atoms with Crippen molar-refractivity contribution >= 4 is 5.78 Å². The standard InChI is InChI=1S/C17H32O/c1-16(18)17-14-12-10-8-6-4-2-3-5-7-9-11-13-15-17/h17H,2-15H2,1H3. The first kappa shape index (κ1) is 15.7. The molecule has 1 heteroatoms. The third-order valence-corrected chi connectivity index (χ3v) is 4.43. The highest BCUT2D eigenvalue weighted by Gasteiger charge is 2.13. The lowest BCUT2D eigenvalue weighted by atomic mass is 9.91. The number of hydrogen-bond donors (Lipinski definition) is 0. The minimum absolute atomic E-state index is 0.370. The summed E-state index contributed by atoms with van der Waals surface area (Å²) in [5.41, 5.74) is 0. The lowest BCUT2D eigenvalue weighted by Gasteiger charge is -2.13. The van der Waals surface area contributed by atoms with Crippen LogP contribution in [0.2, 0.25) is 0 Å². The highest BCUT2D eigenvalue weighted by atomic mass is 16.1. The van der Waals surface area contributed by atoms with Crippen LogP contribution in [0.5, 0.6) is 0 Å². The highest BCUT2D eigenvalue weighted by Crippen LogP contribution is 2.21. The van der Waals surface area contributed by atoms with Crippen LogP contribution < -0.4 is 0 Å². The van der Waals surface area contributed by atoms with Crippen LogP contribution in [0.3, 0.4) is 0 Å². The Balaban J connectivity index is 2.26. The molecule has 1 rings (SSSR count). The molecule has 0 amide bonds. The molecular weight excluding hydrogens is 220 g/mol. The van der Waals surface area contributed by atoms with E-state index in [4.69, 9.17) is 0 Å². The second kappa shape index (κ2) is 10.6. The van der Waals surface area contributed by atoms with Crippen molar-refractivity contribution in [3.8, 4) is 0 Å². The van der Waals surface area contributed by atoms with Gasteiger partial charge in [0, 0.05) is 5.92 Å². The van der Waals surface area contributed by atoms with Crippen LogP contribution in [0.15, 0.2) is 0 Å². The van der Waals surface area contributed by atoms with Gasteiger partial charge in [0.1, 0.15) is 5.78 Å². The lowest BCUT2D eigenvalue weighted by molar-refractivity contribution is -0.121. The van der Waals surface area contributed by atoms with E-state index < -0.39 is 0 Å². The Bertz CT molecular complexity index is 194. The van der Waals surface area contributed by atoms with Crippen LogP contribution in [0.1, 0.15) is 96.8 Å². The van der Waals surface area contributed by atoms with E-state index >= 15 is 0 Å². The van der Waals surface area contributed by atoms with Crippen LogP contribution in [-0.2, 0) is 4.79 Å². The van der Waals surface area contributed by atoms with Gasteiger partial charge in [-0.05, 0) is 19.8 Å². The Hall–Kier alpha value is -0.330. The topological polar surface area (TPSA) is 17.1 Å². The number of Topliss-reactive ketones (excluding diaryl/α,β-unsaturated/α-hetero) is 1. The second-order valence-corrected chi connectivity index (χ2v) is 6.13. The van der Waals surface area contributed by atoms with Crippen molar-refractivity contribution in [1.29, 1.82) is 0 Å². The first-order valence-corrected chi connectivity index (χ1v) is 8.31. The molecule has 0 radical (unpaired) electrons. The van der Waals surface area contributed by atoms with Gasteiger partial charge in [-0.25, -0.2) is 0 Å². The Morgan fingerprint density at radius 3 is 1.17 bits per heavy atom. The fourth-order valence-corrected chi connectivity index (χ4v) is 3.10. The van der Waals surface area contributed by atoms with Crippen molar-refractivity contribution in [2.75, 3.05) is 0 Å². The van der Waals surface area contributed by atoms with Gasteiger partial charge in [0.25, 0.3) is 0 Å². The SMILES string of the molecule is CC(=O)C1CCCCCCCCCCCCCC1. The molecule has 0 spiro atoms. The average Bonchev–Trinajstić information content (AvgIpc) is 2.36. The molecule has 0 heterocycles. The smallest absolute Gasteiger partial charge is 0.132 e. The Labute approximate surface area is 114 Å². The van der Waals surface area contributed by atoms with Gasteiger partial charge in [-0.1, -0.05) is 77.0 Å². The van der Waals surface area contributed by atoms with Gasteiger partial charge in [-0.15, -0.1) is 0 Å². The zero-order chi connectivity index (χ0) is 13.1. The molecule has 1 aliphatic carbocycles. The van der Waals surface area contributed by atoms with Crippen LogP contribution >= 0.6 is 0 Å². The molecule has 1 nitrogen and oxygen atoms in total. The van der Waals surface area contributed by atoms with Crippen molar-refractivity contribution in [3.63, 3.8) is 0 Å². The molecule has 106 valence electrons. The first-order chi connectivity index (χ1) is 8.80. The summed E-state index contributed by atoms with van der Waals surface area (Å²) >= 11 is 0. The molecule has 0 bridgehead atoms. The molecule has 0 N–H and O–H groups in total. The maximum absolute atomic E-state index is 11.6. The minimum atomic E-state index is 0.370. The summed E-state index contributed by atoms with van der Waals surface area (Å²) in [4.78, 5) is 11.6. The summed E-state index contributed by atoms with van der Waals surface area (Å²) in [6, 6.07) is 0. The molecule has 0 aromatic carbocycles. The van der Waals surface area contributed by atoms with E-state index in [1.165, 1.54) is 77.0 Å². The number of hydrogen-bond acceptors (Lipinski definition) is 1. The van der Waals surface area contributed by atoms with Gasteiger partial charge < -0.3 is 0 Å². The molecule has 18 heavy (non-hydrogen) atoms. The van der Waals surface area contributed by atoms with Crippen molar-refractivity contribution in [2.24, 2.45) is 5.92 Å². The van der Waals surface area contributed by atoms with E-state index in [-0.39, 0.29) is 0 Å². The zero-order valence-electron chi connectivity index (χ0n) is 12.4. The Morgan fingerprint density at radius 1 is 0.611 bits per heavy atom. The molecule has 0 unspecified atom stereocenters. The van der Waals surface area contributed by atoms with Crippen LogP contribution in [-0.4, -0.2) is 5.78 Å². The van der Waals surface area contributed by atoms with Gasteiger partial charge in [0.2, 0.25) is 0 Å². The van der Waals surface area contributed by atoms with Gasteiger partial charge in [0.05, 0.1) is 0 Å². The lowest BCUT2D eigenvalue weighted by Crippen LogP contribution is -2.10. The minimum Gasteiger partial charge on any atom is -0.300 e. The van der Waals surface area contributed by atoms with Crippen molar-refractivity contribution in [2.45, 2.75) is 96.8 Å². The summed E-state index contributed by atoms with van der Waals surface area (Å²) < 4.78 is 0. The summed E-state index contributed by atoms with van der Waals surface area (Å²) in [5.74, 6) is 0.800. The van der Waals surface area contributed by atoms with E-state index in [1.54, 1.807) is 6.92 Å². The fraction of sp³-hybridized carbons (Fsp3) is 0.941. The first-order valence-electron chi connectivity index (χ1n) is 8.31. The summed E-state index contributed by atoms with van der Waals surface area (Å²) in [5, 5.41) is 0. The molecule has 0 saturated heterocycles. The molecule has 1 aliphatic rings. The quantitative estimate of drug-likeness (QED) is 0.588. The monoisotopic (exact) mass is 252 g/mol. The maximum atomic E-state index is 11.6. The molecular formula is C17H32O. The van der Waals surface area contributed by atoms with Gasteiger partial charge in [-0.3, -0.25) is 4.79 Å². The molecule has 0 aliphatic heterocycles. The average molecular weight is 252 g/mol. The summed E-state index contributed by atoms with van der Waals surface area (Å²) in [6.45, 7) is 1.79. The van der Waals surface area contributed by atoms with E-state index in [0.717, 1.165) is 12.8 Å². The number of ketones is 1. The third kappa shape index (κ3) is 7.89. The molecule has 1 fully saturated rings. The van der Waals surface area contributed by atoms with E-state index in [2.05, 4.69) is 0 Å². The van der Waals surface area contributed by atoms with E-state index in [9.17, 15) is 4.79 Å². The molecule has 0 aromatic heterocycles. The Morgan fingerprint density at radius 2 is 0.889 bits per heavy atom. The summed E-state index contributed by atoms with van der Waals surface area (Å²) in [6.07, 6.45) is 18.8. The highest BCUT2D eigenvalue weighted by molar-refractivity contribution is 5.78. The molecule has 0 aromatic rings. The van der Waals surface area contributed by atoms with Crippen LogP contribution in [0, 0.1) is 5.92 Å². The molecule has 0 atom stereocenters. The summed E-state index contributed by atoms with van der Waals surface area (Å²) in [7, 11) is 0. The zero-order valence-corrected chi connectivity index (χ0v) is 12.4. The third-order valence-electron chi connectivity index (χ3n) is 4.43. The number of carbonyl (C=O) groups excluding carboxylic acids is 1. The predicted molar refractivity (Wildman–Crippen MR) is 78.8 cm³/mol. The largest absolute Gasteiger partial charge is 0.300 e. The number of carbonyl (C=O) groups is 1.